The summed E-state index contributed by atoms with van der Waals surface area (Å²) >= 11 is 6.19. The summed E-state index contributed by atoms with van der Waals surface area (Å²) < 4.78 is 19.7. The second-order valence-electron chi connectivity index (χ2n) is 8.21. The van der Waals surface area contributed by atoms with Crippen LogP contribution >= 0.6 is 11.6 Å². The van der Waals surface area contributed by atoms with Gasteiger partial charge in [-0.2, -0.15) is 0 Å². The van der Waals surface area contributed by atoms with Crippen LogP contribution in [-0.2, 0) is 0 Å². The van der Waals surface area contributed by atoms with Crippen LogP contribution in [0.25, 0.3) is 5.70 Å². The average Bonchev–Trinajstić information content (AvgIpc) is 3.38. The third-order valence-corrected chi connectivity index (χ3v) is 6.00. The zero-order chi connectivity index (χ0) is 20.9. The van der Waals surface area contributed by atoms with Gasteiger partial charge in [-0.25, -0.2) is 4.39 Å². The summed E-state index contributed by atoms with van der Waals surface area (Å²) in [5.74, 6) is 0.718. The molecule has 0 aromatic heterocycles. The fourth-order valence-electron chi connectivity index (χ4n) is 3.86. The lowest BCUT2D eigenvalue weighted by atomic mass is 9.81. The van der Waals surface area contributed by atoms with Gasteiger partial charge in [0, 0.05) is 17.3 Å². The minimum absolute atomic E-state index is 0.0469. The number of ether oxygens (including phenoxy) is 1. The van der Waals surface area contributed by atoms with Crippen LogP contribution in [0.1, 0.15) is 64.9 Å². The van der Waals surface area contributed by atoms with Crippen molar-refractivity contribution in [3.05, 3.63) is 60.1 Å². The van der Waals surface area contributed by atoms with Crippen molar-refractivity contribution in [2.75, 3.05) is 0 Å². The Labute approximate surface area is 174 Å². The molecule has 2 atom stereocenters. The van der Waals surface area contributed by atoms with Gasteiger partial charge in [0.25, 0.3) is 0 Å². The maximum absolute atomic E-state index is 14.0. The maximum atomic E-state index is 14.0. The monoisotopic (exact) mass is 405 g/mol. The van der Waals surface area contributed by atoms with Crippen LogP contribution in [-0.4, -0.2) is 6.04 Å². The SMILES string of the molecule is C=CCCC(CCC)[C@@H](NC(=C)c1ccc(F)c(Cl)c1OC(=C)C)C1(C)CC1. The highest BCUT2D eigenvalue weighted by molar-refractivity contribution is 6.32. The van der Waals surface area contributed by atoms with E-state index in [1.165, 1.54) is 18.9 Å². The zero-order valence-electron chi connectivity index (χ0n) is 17.4. The van der Waals surface area contributed by atoms with Gasteiger partial charge in [0.2, 0.25) is 0 Å². The Kier molecular flexibility index (Phi) is 7.77. The Morgan fingerprint density at radius 1 is 1.36 bits per heavy atom. The highest BCUT2D eigenvalue weighted by atomic mass is 35.5. The molecular weight excluding hydrogens is 373 g/mol. The average molecular weight is 406 g/mol. The van der Waals surface area contributed by atoms with E-state index < -0.39 is 5.82 Å². The van der Waals surface area contributed by atoms with Crippen molar-refractivity contribution >= 4 is 17.3 Å². The molecule has 1 aliphatic rings. The third-order valence-electron chi connectivity index (χ3n) is 5.64. The Bertz CT molecular complexity index is 738. The van der Waals surface area contributed by atoms with E-state index in [-0.39, 0.29) is 16.2 Å². The number of hydrogen-bond acceptors (Lipinski definition) is 2. The van der Waals surface area contributed by atoms with Gasteiger partial charge < -0.3 is 10.1 Å². The molecule has 0 heterocycles. The molecule has 0 spiro atoms. The van der Waals surface area contributed by atoms with Gasteiger partial charge in [0.1, 0.15) is 10.8 Å². The van der Waals surface area contributed by atoms with E-state index in [1.807, 2.05) is 6.08 Å². The standard InChI is InChI=1S/C24H33ClFNO/c1-7-9-11-18(10-8-2)23(24(6)14-15-24)27-17(5)19-12-13-20(26)21(25)22(19)28-16(3)4/h7,12-13,18,23,27H,1,3,5,8-11,14-15H2,2,4,6H3/t18?,23-/m1/s1. The lowest BCUT2D eigenvalue weighted by Gasteiger charge is -2.35. The van der Waals surface area contributed by atoms with E-state index in [0.29, 0.717) is 29.0 Å². The van der Waals surface area contributed by atoms with Gasteiger partial charge >= 0.3 is 0 Å². The lowest BCUT2D eigenvalue weighted by molar-refractivity contribution is 0.251. The molecule has 28 heavy (non-hydrogen) atoms. The minimum Gasteiger partial charge on any atom is -0.460 e. The van der Waals surface area contributed by atoms with Gasteiger partial charge in [-0.05, 0) is 62.5 Å². The molecule has 2 nitrogen and oxygen atoms in total. The number of halogens is 2. The molecule has 4 heteroatoms. The van der Waals surface area contributed by atoms with Crippen LogP contribution in [0, 0.1) is 17.2 Å². The van der Waals surface area contributed by atoms with E-state index in [4.69, 9.17) is 16.3 Å². The Morgan fingerprint density at radius 2 is 2.04 bits per heavy atom. The predicted molar refractivity (Wildman–Crippen MR) is 118 cm³/mol. The Morgan fingerprint density at radius 3 is 2.57 bits per heavy atom. The molecule has 1 saturated carbocycles. The molecule has 1 aromatic carbocycles. The molecule has 0 saturated heterocycles. The summed E-state index contributed by atoms with van der Waals surface area (Å²) in [7, 11) is 0. The van der Waals surface area contributed by atoms with Crippen LogP contribution < -0.4 is 10.1 Å². The summed E-state index contributed by atoms with van der Waals surface area (Å²) in [6.45, 7) is 18.1. The lowest BCUT2D eigenvalue weighted by Crippen LogP contribution is -2.41. The van der Waals surface area contributed by atoms with Crippen LogP contribution in [0.2, 0.25) is 5.02 Å². The molecular formula is C24H33ClFNO. The number of rotatable bonds is 12. The molecule has 1 N–H and O–H groups in total. The van der Waals surface area contributed by atoms with Crippen molar-refractivity contribution in [3.63, 3.8) is 0 Å². The molecule has 1 fully saturated rings. The number of nitrogens with one attached hydrogen (secondary N) is 1. The van der Waals surface area contributed by atoms with Gasteiger partial charge in [0.15, 0.2) is 5.75 Å². The van der Waals surface area contributed by atoms with Crippen molar-refractivity contribution < 1.29 is 9.13 Å². The number of hydrogen-bond donors (Lipinski definition) is 1. The fourth-order valence-corrected chi connectivity index (χ4v) is 4.06. The van der Waals surface area contributed by atoms with Crippen molar-refractivity contribution in [2.24, 2.45) is 11.3 Å². The van der Waals surface area contributed by atoms with Gasteiger partial charge in [0.05, 0.1) is 5.76 Å². The largest absolute Gasteiger partial charge is 0.460 e. The number of allylic oxidation sites excluding steroid dienone is 2. The molecule has 1 unspecified atom stereocenters. The Hall–Kier alpha value is -1.74. The van der Waals surface area contributed by atoms with E-state index >= 15 is 0 Å². The molecule has 154 valence electrons. The van der Waals surface area contributed by atoms with E-state index in [0.717, 1.165) is 25.7 Å². The minimum atomic E-state index is -0.519. The van der Waals surface area contributed by atoms with E-state index in [2.05, 4.69) is 38.9 Å². The predicted octanol–water partition coefficient (Wildman–Crippen LogP) is 7.50. The van der Waals surface area contributed by atoms with Gasteiger partial charge in [-0.1, -0.05) is 51.1 Å². The Balaban J connectivity index is 2.32. The highest BCUT2D eigenvalue weighted by Gasteiger charge is 2.47. The molecule has 0 aliphatic heterocycles. The zero-order valence-corrected chi connectivity index (χ0v) is 18.2. The molecule has 0 bridgehead atoms. The second-order valence-corrected chi connectivity index (χ2v) is 8.59. The smallest absolute Gasteiger partial charge is 0.157 e. The van der Waals surface area contributed by atoms with Crippen LogP contribution in [0.5, 0.6) is 5.75 Å². The molecule has 2 rings (SSSR count). The van der Waals surface area contributed by atoms with Crippen molar-refractivity contribution in [1.29, 1.82) is 0 Å². The third kappa shape index (κ3) is 5.41. The van der Waals surface area contributed by atoms with Crippen LogP contribution in [0.3, 0.4) is 0 Å². The van der Waals surface area contributed by atoms with Crippen molar-refractivity contribution in [3.8, 4) is 5.75 Å². The maximum Gasteiger partial charge on any atom is 0.157 e. The highest BCUT2D eigenvalue weighted by Crippen LogP contribution is 2.52. The van der Waals surface area contributed by atoms with Crippen molar-refractivity contribution in [2.45, 2.75) is 65.3 Å². The fraction of sp³-hybridized carbons (Fsp3) is 0.500. The first kappa shape index (κ1) is 22.5. The number of benzene rings is 1. The first-order valence-electron chi connectivity index (χ1n) is 10.1. The molecule has 1 aliphatic carbocycles. The topological polar surface area (TPSA) is 21.3 Å². The summed E-state index contributed by atoms with van der Waals surface area (Å²) in [5.41, 5.74) is 1.63. The first-order chi connectivity index (χ1) is 13.2. The molecule has 0 radical (unpaired) electrons. The van der Waals surface area contributed by atoms with Crippen molar-refractivity contribution in [1.82, 2.24) is 5.32 Å². The van der Waals surface area contributed by atoms with Crippen LogP contribution in [0.4, 0.5) is 4.39 Å². The quantitative estimate of drug-likeness (QED) is 0.287. The summed E-state index contributed by atoms with van der Waals surface area (Å²) in [6.07, 6.45) is 8.76. The second kappa shape index (κ2) is 9.65. The van der Waals surface area contributed by atoms with Gasteiger partial charge in [-0.3, -0.25) is 0 Å². The normalized spacial score (nSPS) is 16.8. The van der Waals surface area contributed by atoms with E-state index in [1.54, 1.807) is 13.0 Å². The first-order valence-corrected chi connectivity index (χ1v) is 10.5. The summed E-state index contributed by atoms with van der Waals surface area (Å²) in [5, 5.41) is 3.62. The van der Waals surface area contributed by atoms with E-state index in [9.17, 15) is 4.39 Å². The molecule has 0 amide bonds. The molecule has 1 aromatic rings. The summed E-state index contributed by atoms with van der Waals surface area (Å²) in [6, 6.07) is 3.31. The summed E-state index contributed by atoms with van der Waals surface area (Å²) in [4.78, 5) is 0. The van der Waals surface area contributed by atoms with Crippen LogP contribution in [0.15, 0.2) is 43.7 Å². The van der Waals surface area contributed by atoms with Gasteiger partial charge in [-0.15, -0.1) is 6.58 Å².